The Morgan fingerprint density at radius 3 is 2.56 bits per heavy atom. The fraction of sp³-hybridized carbons (Fsp3) is 0.818. The maximum atomic E-state index is 11.1. The molecule has 0 radical (unpaired) electrons. The number of hydrogen-bond acceptors (Lipinski definition) is 4. The smallest absolute Gasteiger partial charge is 0.323 e. The molecule has 0 rings (SSSR count). The van der Waals surface area contributed by atoms with Gasteiger partial charge in [-0.1, -0.05) is 13.8 Å². The standard InChI is InChI=1S/C11H20N2O3/c1-9(2)7-13(6-4-5-12)10(8-16-3)11(14)15/h9-10H,4,6-8H2,1-3H3,(H,14,15). The van der Waals surface area contributed by atoms with E-state index in [1.165, 1.54) is 7.11 Å². The number of carbonyl (C=O) groups is 1. The Kier molecular flexibility index (Phi) is 7.52. The van der Waals surface area contributed by atoms with Crippen molar-refractivity contribution in [1.29, 1.82) is 5.26 Å². The molecule has 1 atom stereocenters. The summed E-state index contributed by atoms with van der Waals surface area (Å²) in [5, 5.41) is 17.6. The zero-order valence-corrected chi connectivity index (χ0v) is 10.1. The summed E-state index contributed by atoms with van der Waals surface area (Å²) in [5.41, 5.74) is 0. The molecule has 0 aliphatic carbocycles. The normalized spacial score (nSPS) is 12.8. The summed E-state index contributed by atoms with van der Waals surface area (Å²) in [4.78, 5) is 12.9. The van der Waals surface area contributed by atoms with Crippen molar-refractivity contribution in [2.75, 3.05) is 26.8 Å². The fourth-order valence-electron chi connectivity index (χ4n) is 1.53. The predicted molar refractivity (Wildman–Crippen MR) is 59.9 cm³/mol. The summed E-state index contributed by atoms with van der Waals surface area (Å²) in [6.07, 6.45) is 0.334. The van der Waals surface area contributed by atoms with Crippen molar-refractivity contribution >= 4 is 5.97 Å². The molecule has 5 heteroatoms. The van der Waals surface area contributed by atoms with E-state index in [-0.39, 0.29) is 6.61 Å². The Morgan fingerprint density at radius 2 is 2.19 bits per heavy atom. The molecule has 0 heterocycles. The molecule has 0 fully saturated rings. The fourth-order valence-corrected chi connectivity index (χ4v) is 1.53. The lowest BCUT2D eigenvalue weighted by atomic mass is 10.1. The van der Waals surface area contributed by atoms with Crippen LogP contribution in [0, 0.1) is 17.2 Å². The number of methoxy groups -OCH3 is 1. The van der Waals surface area contributed by atoms with Gasteiger partial charge in [0.25, 0.3) is 0 Å². The Balaban J connectivity index is 4.53. The number of aliphatic carboxylic acids is 1. The van der Waals surface area contributed by atoms with Gasteiger partial charge in [-0.25, -0.2) is 0 Å². The monoisotopic (exact) mass is 228 g/mol. The summed E-state index contributed by atoms with van der Waals surface area (Å²) < 4.78 is 4.90. The van der Waals surface area contributed by atoms with E-state index in [2.05, 4.69) is 0 Å². The van der Waals surface area contributed by atoms with E-state index >= 15 is 0 Å². The van der Waals surface area contributed by atoms with Crippen molar-refractivity contribution in [1.82, 2.24) is 4.90 Å². The summed E-state index contributed by atoms with van der Waals surface area (Å²) in [6.45, 7) is 5.31. The minimum absolute atomic E-state index is 0.146. The van der Waals surface area contributed by atoms with Crippen LogP contribution in [0.15, 0.2) is 0 Å². The molecule has 0 saturated heterocycles. The van der Waals surface area contributed by atoms with E-state index in [0.717, 1.165) is 0 Å². The highest BCUT2D eigenvalue weighted by Gasteiger charge is 2.25. The van der Waals surface area contributed by atoms with Crippen LogP contribution in [0.5, 0.6) is 0 Å². The van der Waals surface area contributed by atoms with Crippen LogP contribution in [-0.2, 0) is 9.53 Å². The van der Waals surface area contributed by atoms with Crippen LogP contribution in [0.2, 0.25) is 0 Å². The topological polar surface area (TPSA) is 73.6 Å². The average molecular weight is 228 g/mol. The highest BCUT2D eigenvalue weighted by Crippen LogP contribution is 2.07. The van der Waals surface area contributed by atoms with E-state index in [1.807, 2.05) is 19.9 Å². The molecule has 0 aromatic rings. The average Bonchev–Trinajstić information content (AvgIpc) is 2.20. The third kappa shape index (κ3) is 5.69. The van der Waals surface area contributed by atoms with Crippen molar-refractivity contribution in [2.45, 2.75) is 26.3 Å². The molecule has 0 spiro atoms. The van der Waals surface area contributed by atoms with Gasteiger partial charge in [0.15, 0.2) is 0 Å². The SMILES string of the molecule is COCC(C(=O)O)N(CCC#N)CC(C)C. The molecule has 0 amide bonds. The zero-order valence-electron chi connectivity index (χ0n) is 10.1. The lowest BCUT2D eigenvalue weighted by Gasteiger charge is -2.29. The number of hydrogen-bond donors (Lipinski definition) is 1. The molecule has 0 aromatic heterocycles. The first-order valence-corrected chi connectivity index (χ1v) is 5.35. The maximum Gasteiger partial charge on any atom is 0.323 e. The minimum Gasteiger partial charge on any atom is -0.480 e. The quantitative estimate of drug-likeness (QED) is 0.669. The molecule has 92 valence electrons. The van der Waals surface area contributed by atoms with Crippen molar-refractivity contribution in [3.8, 4) is 6.07 Å². The van der Waals surface area contributed by atoms with Crippen LogP contribution < -0.4 is 0 Å². The summed E-state index contributed by atoms with van der Waals surface area (Å²) in [6, 6.07) is 1.37. The largest absolute Gasteiger partial charge is 0.480 e. The van der Waals surface area contributed by atoms with Crippen LogP contribution in [0.1, 0.15) is 20.3 Å². The van der Waals surface area contributed by atoms with E-state index in [4.69, 9.17) is 15.1 Å². The molecule has 16 heavy (non-hydrogen) atoms. The summed E-state index contributed by atoms with van der Waals surface area (Å²) >= 11 is 0. The predicted octanol–water partition coefficient (Wildman–Crippen LogP) is 0.958. The Morgan fingerprint density at radius 1 is 1.56 bits per heavy atom. The van der Waals surface area contributed by atoms with Gasteiger partial charge in [0.2, 0.25) is 0 Å². The van der Waals surface area contributed by atoms with Crippen LogP contribution in [-0.4, -0.2) is 48.8 Å². The highest BCUT2D eigenvalue weighted by atomic mass is 16.5. The molecule has 0 aliphatic heterocycles. The summed E-state index contributed by atoms with van der Waals surface area (Å²) in [7, 11) is 1.48. The van der Waals surface area contributed by atoms with Crippen molar-refractivity contribution < 1.29 is 14.6 Å². The third-order valence-corrected chi connectivity index (χ3v) is 2.16. The van der Waals surface area contributed by atoms with Crippen molar-refractivity contribution in [3.63, 3.8) is 0 Å². The molecule has 1 unspecified atom stereocenters. The number of carboxylic acid groups (broad SMARTS) is 1. The number of rotatable bonds is 8. The second-order valence-electron chi connectivity index (χ2n) is 4.11. The molecule has 0 bridgehead atoms. The number of ether oxygens (including phenoxy) is 1. The van der Waals surface area contributed by atoms with Gasteiger partial charge in [0, 0.05) is 26.6 Å². The lowest BCUT2D eigenvalue weighted by Crippen LogP contribution is -2.46. The Hall–Kier alpha value is -1.12. The second-order valence-corrected chi connectivity index (χ2v) is 4.11. The Bertz CT molecular complexity index is 248. The third-order valence-electron chi connectivity index (χ3n) is 2.16. The van der Waals surface area contributed by atoms with Gasteiger partial charge in [0.1, 0.15) is 6.04 Å². The van der Waals surface area contributed by atoms with E-state index < -0.39 is 12.0 Å². The number of nitriles is 1. The minimum atomic E-state index is -0.902. The van der Waals surface area contributed by atoms with Gasteiger partial charge in [-0.05, 0) is 5.92 Å². The van der Waals surface area contributed by atoms with Gasteiger partial charge in [-0.3, -0.25) is 9.69 Å². The lowest BCUT2D eigenvalue weighted by molar-refractivity contribution is -0.145. The molecule has 0 aliphatic rings. The zero-order chi connectivity index (χ0) is 12.6. The molecule has 1 N–H and O–H groups in total. The number of carboxylic acids is 1. The van der Waals surface area contributed by atoms with Gasteiger partial charge in [-0.15, -0.1) is 0 Å². The van der Waals surface area contributed by atoms with Crippen LogP contribution in [0.25, 0.3) is 0 Å². The molecular formula is C11H20N2O3. The van der Waals surface area contributed by atoms with Gasteiger partial charge in [-0.2, -0.15) is 5.26 Å². The molecule has 0 saturated carbocycles. The van der Waals surface area contributed by atoms with E-state index in [1.54, 1.807) is 4.90 Å². The van der Waals surface area contributed by atoms with E-state index in [9.17, 15) is 4.79 Å². The molecule has 5 nitrogen and oxygen atoms in total. The number of nitrogens with zero attached hydrogens (tertiary/aromatic N) is 2. The van der Waals surface area contributed by atoms with Crippen LogP contribution in [0.4, 0.5) is 0 Å². The second kappa shape index (κ2) is 8.08. The van der Waals surface area contributed by atoms with Gasteiger partial charge < -0.3 is 9.84 Å². The Labute approximate surface area is 96.6 Å². The van der Waals surface area contributed by atoms with Gasteiger partial charge >= 0.3 is 5.97 Å². The van der Waals surface area contributed by atoms with E-state index in [0.29, 0.717) is 25.4 Å². The van der Waals surface area contributed by atoms with Crippen molar-refractivity contribution in [3.05, 3.63) is 0 Å². The maximum absolute atomic E-state index is 11.1. The molecule has 0 aromatic carbocycles. The first kappa shape index (κ1) is 14.9. The van der Waals surface area contributed by atoms with Crippen LogP contribution in [0.3, 0.4) is 0 Å². The first-order valence-electron chi connectivity index (χ1n) is 5.35. The van der Waals surface area contributed by atoms with Crippen molar-refractivity contribution in [2.24, 2.45) is 5.92 Å². The summed E-state index contributed by atoms with van der Waals surface area (Å²) in [5.74, 6) is -0.544. The first-order chi connectivity index (χ1) is 7.52. The molecular weight excluding hydrogens is 208 g/mol. The highest BCUT2D eigenvalue weighted by molar-refractivity contribution is 5.73. The van der Waals surface area contributed by atoms with Gasteiger partial charge in [0.05, 0.1) is 12.7 Å². The van der Waals surface area contributed by atoms with Crippen LogP contribution >= 0.6 is 0 Å².